The molecule has 0 unspecified atom stereocenters. The number of thioether (sulfide) groups is 1. The summed E-state index contributed by atoms with van der Waals surface area (Å²) in [5, 5.41) is 10.6. The van der Waals surface area contributed by atoms with Gasteiger partial charge in [0.05, 0.1) is 20.4 Å². The molecular formula is C18H17N3O3S2. The normalized spacial score (nSPS) is 12.1. The van der Waals surface area contributed by atoms with Gasteiger partial charge in [0.25, 0.3) is 5.69 Å². The van der Waals surface area contributed by atoms with Crippen LogP contribution in [0.5, 0.6) is 0 Å². The molecule has 0 spiro atoms. The molecule has 26 heavy (non-hydrogen) atoms. The molecule has 0 aliphatic carbocycles. The number of para-hydroxylation sites is 1. The van der Waals surface area contributed by atoms with Crippen molar-refractivity contribution in [2.75, 3.05) is 11.4 Å². The molecule has 0 N–H and O–H groups in total. The molecule has 134 valence electrons. The topological polar surface area (TPSA) is 76.3 Å². The molecule has 0 radical (unpaired) electrons. The van der Waals surface area contributed by atoms with Crippen molar-refractivity contribution >= 4 is 50.6 Å². The highest BCUT2D eigenvalue weighted by molar-refractivity contribution is 8.02. The fourth-order valence-corrected chi connectivity index (χ4v) is 4.86. The lowest BCUT2D eigenvalue weighted by Gasteiger charge is -2.23. The highest BCUT2D eigenvalue weighted by atomic mass is 32.2. The standard InChI is InChI=1S/C18H17N3O3S2/c1-3-20(13-7-5-4-6-8-13)17(22)12(2)25-18-19-15-10-9-14(21(23)24)11-16(15)26-18/h4-12H,3H2,1-2H3/t12-/m1/s1. The van der Waals surface area contributed by atoms with Gasteiger partial charge in [0, 0.05) is 24.4 Å². The van der Waals surface area contributed by atoms with Crippen LogP contribution < -0.4 is 4.90 Å². The van der Waals surface area contributed by atoms with Crippen molar-refractivity contribution in [1.29, 1.82) is 0 Å². The van der Waals surface area contributed by atoms with E-state index in [4.69, 9.17) is 0 Å². The number of hydrogen-bond donors (Lipinski definition) is 0. The molecule has 1 heterocycles. The molecule has 1 aromatic heterocycles. The Bertz CT molecular complexity index is 943. The molecule has 3 rings (SSSR count). The number of benzene rings is 2. The smallest absolute Gasteiger partial charge is 0.270 e. The van der Waals surface area contributed by atoms with E-state index in [9.17, 15) is 14.9 Å². The number of fused-ring (bicyclic) bond motifs is 1. The van der Waals surface area contributed by atoms with Crippen LogP contribution in [0.4, 0.5) is 11.4 Å². The molecule has 2 aromatic carbocycles. The Kier molecular flexibility index (Phi) is 5.53. The highest BCUT2D eigenvalue weighted by Gasteiger charge is 2.23. The van der Waals surface area contributed by atoms with Crippen LogP contribution in [0, 0.1) is 10.1 Å². The summed E-state index contributed by atoms with van der Waals surface area (Å²) in [7, 11) is 0. The number of amides is 1. The minimum absolute atomic E-state index is 0.00827. The SMILES string of the molecule is CCN(C(=O)[C@@H](C)Sc1nc2ccc([N+](=O)[O-])cc2s1)c1ccccc1. The maximum Gasteiger partial charge on any atom is 0.270 e. The van der Waals surface area contributed by atoms with Gasteiger partial charge in [0.15, 0.2) is 4.34 Å². The average molecular weight is 387 g/mol. The van der Waals surface area contributed by atoms with Crippen molar-refractivity contribution in [1.82, 2.24) is 4.98 Å². The third-order valence-corrected chi connectivity index (χ3v) is 6.04. The number of nitro benzene ring substituents is 1. The number of aromatic nitrogens is 1. The predicted molar refractivity (Wildman–Crippen MR) is 106 cm³/mol. The van der Waals surface area contributed by atoms with Gasteiger partial charge in [-0.2, -0.15) is 0 Å². The monoisotopic (exact) mass is 387 g/mol. The van der Waals surface area contributed by atoms with Gasteiger partial charge in [-0.3, -0.25) is 14.9 Å². The Morgan fingerprint density at radius 2 is 2.04 bits per heavy atom. The number of nitrogens with zero attached hydrogens (tertiary/aromatic N) is 3. The number of non-ortho nitro benzene ring substituents is 1. The zero-order valence-electron chi connectivity index (χ0n) is 14.3. The van der Waals surface area contributed by atoms with E-state index >= 15 is 0 Å². The zero-order chi connectivity index (χ0) is 18.7. The zero-order valence-corrected chi connectivity index (χ0v) is 15.9. The molecule has 1 amide bonds. The molecule has 0 aliphatic rings. The van der Waals surface area contributed by atoms with Crippen LogP contribution >= 0.6 is 23.1 Å². The van der Waals surface area contributed by atoms with Gasteiger partial charge < -0.3 is 4.90 Å². The fraction of sp³-hybridized carbons (Fsp3) is 0.222. The van der Waals surface area contributed by atoms with Crippen LogP contribution in [0.15, 0.2) is 52.9 Å². The van der Waals surface area contributed by atoms with Gasteiger partial charge in [0.2, 0.25) is 5.91 Å². The van der Waals surface area contributed by atoms with E-state index < -0.39 is 4.92 Å². The molecule has 8 heteroatoms. The Morgan fingerprint density at radius 3 is 2.69 bits per heavy atom. The van der Waals surface area contributed by atoms with Crippen LogP contribution in [0.25, 0.3) is 10.2 Å². The van der Waals surface area contributed by atoms with Crippen LogP contribution in [-0.2, 0) is 4.79 Å². The number of nitro groups is 1. The van der Waals surface area contributed by atoms with Crippen molar-refractivity contribution < 1.29 is 9.72 Å². The second-order valence-corrected chi connectivity index (χ2v) is 8.19. The maximum absolute atomic E-state index is 12.8. The van der Waals surface area contributed by atoms with E-state index in [0.717, 1.165) is 14.7 Å². The molecule has 6 nitrogen and oxygen atoms in total. The lowest BCUT2D eigenvalue weighted by molar-refractivity contribution is -0.384. The van der Waals surface area contributed by atoms with Gasteiger partial charge in [-0.15, -0.1) is 11.3 Å². The quantitative estimate of drug-likeness (QED) is 0.347. The lowest BCUT2D eigenvalue weighted by Crippen LogP contribution is -2.36. The molecule has 0 saturated heterocycles. The Morgan fingerprint density at radius 1 is 1.31 bits per heavy atom. The van der Waals surface area contributed by atoms with E-state index in [-0.39, 0.29) is 16.8 Å². The third kappa shape index (κ3) is 3.86. The summed E-state index contributed by atoms with van der Waals surface area (Å²) >= 11 is 2.74. The first-order chi connectivity index (χ1) is 12.5. The lowest BCUT2D eigenvalue weighted by atomic mass is 10.2. The van der Waals surface area contributed by atoms with E-state index in [2.05, 4.69) is 4.98 Å². The third-order valence-electron chi connectivity index (χ3n) is 3.84. The minimum Gasteiger partial charge on any atom is -0.312 e. The number of anilines is 1. The Balaban J connectivity index is 1.78. The number of hydrogen-bond acceptors (Lipinski definition) is 6. The molecule has 3 aromatic rings. The molecule has 0 bridgehead atoms. The summed E-state index contributed by atoms with van der Waals surface area (Å²) in [6.07, 6.45) is 0. The van der Waals surface area contributed by atoms with Crippen LogP contribution in [0.3, 0.4) is 0 Å². The van der Waals surface area contributed by atoms with E-state index in [1.165, 1.54) is 35.2 Å². The minimum atomic E-state index is -0.420. The van der Waals surface area contributed by atoms with Gasteiger partial charge in [0.1, 0.15) is 0 Å². The van der Waals surface area contributed by atoms with Crippen LogP contribution in [0.2, 0.25) is 0 Å². The Hall–Kier alpha value is -2.45. The first kappa shape index (κ1) is 18.3. The van der Waals surface area contributed by atoms with Gasteiger partial charge >= 0.3 is 0 Å². The average Bonchev–Trinajstić information content (AvgIpc) is 3.04. The molecule has 1 atom stereocenters. The van der Waals surface area contributed by atoms with E-state index in [1.54, 1.807) is 11.0 Å². The summed E-state index contributed by atoms with van der Waals surface area (Å²) in [5.41, 5.74) is 1.62. The summed E-state index contributed by atoms with van der Waals surface area (Å²) in [6, 6.07) is 14.2. The first-order valence-corrected chi connectivity index (χ1v) is 9.77. The predicted octanol–water partition coefficient (Wildman–Crippen LogP) is 4.74. The van der Waals surface area contributed by atoms with Gasteiger partial charge in [-0.05, 0) is 32.0 Å². The second kappa shape index (κ2) is 7.84. The van der Waals surface area contributed by atoms with Crippen molar-refractivity contribution in [3.8, 4) is 0 Å². The summed E-state index contributed by atoms with van der Waals surface area (Å²) in [5.74, 6) is 0.00827. The van der Waals surface area contributed by atoms with Crippen molar-refractivity contribution in [3.05, 3.63) is 58.6 Å². The maximum atomic E-state index is 12.8. The summed E-state index contributed by atoms with van der Waals surface area (Å²) in [6.45, 7) is 4.38. The summed E-state index contributed by atoms with van der Waals surface area (Å²) in [4.78, 5) is 29.5. The molecule has 0 saturated carbocycles. The van der Waals surface area contributed by atoms with Crippen molar-refractivity contribution in [2.24, 2.45) is 0 Å². The van der Waals surface area contributed by atoms with Crippen LogP contribution in [-0.4, -0.2) is 27.6 Å². The molecular weight excluding hydrogens is 370 g/mol. The highest BCUT2D eigenvalue weighted by Crippen LogP contribution is 2.34. The largest absolute Gasteiger partial charge is 0.312 e. The van der Waals surface area contributed by atoms with Gasteiger partial charge in [-0.1, -0.05) is 30.0 Å². The van der Waals surface area contributed by atoms with Gasteiger partial charge in [-0.25, -0.2) is 4.98 Å². The molecule has 0 fully saturated rings. The molecule has 0 aliphatic heterocycles. The van der Waals surface area contributed by atoms with Crippen molar-refractivity contribution in [3.63, 3.8) is 0 Å². The number of thiazole rings is 1. The first-order valence-electron chi connectivity index (χ1n) is 8.07. The van der Waals surface area contributed by atoms with E-state index in [1.807, 2.05) is 44.2 Å². The number of rotatable bonds is 6. The number of carbonyl (C=O) groups excluding carboxylic acids is 1. The summed E-state index contributed by atoms with van der Waals surface area (Å²) < 4.78 is 1.47. The number of carbonyl (C=O) groups is 1. The van der Waals surface area contributed by atoms with Crippen molar-refractivity contribution in [2.45, 2.75) is 23.4 Å². The second-order valence-electron chi connectivity index (χ2n) is 5.57. The van der Waals surface area contributed by atoms with E-state index in [0.29, 0.717) is 12.1 Å². The fourth-order valence-electron chi connectivity index (χ4n) is 2.55. The van der Waals surface area contributed by atoms with Crippen LogP contribution in [0.1, 0.15) is 13.8 Å². The Labute approximate surface area is 159 Å².